The highest BCUT2D eigenvalue weighted by atomic mass is 32.2. The van der Waals surface area contributed by atoms with E-state index < -0.39 is 15.9 Å². The molecule has 1 unspecified atom stereocenters. The normalized spacial score (nSPS) is 12.3. The number of benzene rings is 2. The Morgan fingerprint density at radius 1 is 1.00 bits per heavy atom. The van der Waals surface area contributed by atoms with Gasteiger partial charge in [0, 0.05) is 18.9 Å². The van der Waals surface area contributed by atoms with E-state index in [1.807, 2.05) is 48.5 Å². The Balaban J connectivity index is 1.82. The lowest BCUT2D eigenvalue weighted by atomic mass is 10.0. The number of nitrogens with zero attached hydrogens (tertiary/aromatic N) is 1. The van der Waals surface area contributed by atoms with Crippen LogP contribution in [0, 0.1) is 0 Å². The largest absolute Gasteiger partial charge is 0.384 e. The molecule has 0 aliphatic rings. The topological polar surface area (TPSA) is 85.4 Å². The molecule has 1 heterocycles. The molecule has 0 saturated carbocycles. The highest BCUT2D eigenvalue weighted by Crippen LogP contribution is 2.21. The van der Waals surface area contributed by atoms with Crippen LogP contribution in [-0.2, 0) is 14.6 Å². The predicted molar refractivity (Wildman–Crippen MR) is 110 cm³/mol. The van der Waals surface area contributed by atoms with Gasteiger partial charge in [0.25, 0.3) is 5.91 Å². The summed E-state index contributed by atoms with van der Waals surface area (Å²) in [5, 5.41) is 2.99. The number of aromatic nitrogens is 1. The maximum atomic E-state index is 12.8. The lowest BCUT2D eigenvalue weighted by Crippen LogP contribution is -2.30. The second-order valence-electron chi connectivity index (χ2n) is 6.41. The fourth-order valence-electron chi connectivity index (χ4n) is 2.86. The van der Waals surface area contributed by atoms with E-state index in [9.17, 15) is 13.2 Å². The number of hydrogen-bond acceptors (Lipinski definition) is 5. The SMILES string of the molecule is COCCS(=O)(=O)c1ccc(C(=O)NC(c2ccccc2)c2ccccn2)cc1. The van der Waals surface area contributed by atoms with Gasteiger partial charge in [-0.3, -0.25) is 9.78 Å². The zero-order valence-corrected chi connectivity index (χ0v) is 16.8. The summed E-state index contributed by atoms with van der Waals surface area (Å²) in [6, 6.07) is 20.6. The third-order valence-corrected chi connectivity index (χ3v) is 6.12. The van der Waals surface area contributed by atoms with Crippen molar-refractivity contribution in [1.82, 2.24) is 10.3 Å². The Morgan fingerprint density at radius 2 is 1.69 bits per heavy atom. The van der Waals surface area contributed by atoms with Gasteiger partial charge in [-0.25, -0.2) is 8.42 Å². The van der Waals surface area contributed by atoms with E-state index >= 15 is 0 Å². The fourth-order valence-corrected chi connectivity index (χ4v) is 4.03. The average molecular weight is 410 g/mol. The van der Waals surface area contributed by atoms with Crippen molar-refractivity contribution in [3.63, 3.8) is 0 Å². The summed E-state index contributed by atoms with van der Waals surface area (Å²) in [4.78, 5) is 17.4. The molecule has 0 aliphatic carbocycles. The van der Waals surface area contributed by atoms with Gasteiger partial charge in [0.2, 0.25) is 0 Å². The summed E-state index contributed by atoms with van der Waals surface area (Å²) in [6.45, 7) is 0.118. The molecule has 2 aromatic carbocycles. The van der Waals surface area contributed by atoms with Crippen molar-refractivity contribution in [3.05, 3.63) is 95.8 Å². The Morgan fingerprint density at radius 3 is 2.31 bits per heavy atom. The number of hydrogen-bond donors (Lipinski definition) is 1. The summed E-state index contributed by atoms with van der Waals surface area (Å²) in [6.07, 6.45) is 1.68. The Kier molecular flexibility index (Phi) is 6.74. The number of sulfone groups is 1. The minimum absolute atomic E-state index is 0.106. The molecule has 0 aliphatic heterocycles. The highest BCUT2D eigenvalue weighted by molar-refractivity contribution is 7.91. The van der Waals surface area contributed by atoms with Crippen LogP contribution in [0.1, 0.15) is 27.7 Å². The van der Waals surface area contributed by atoms with Crippen LogP contribution in [0.5, 0.6) is 0 Å². The van der Waals surface area contributed by atoms with Gasteiger partial charge in [0.1, 0.15) is 0 Å². The van der Waals surface area contributed by atoms with E-state index in [2.05, 4.69) is 10.3 Å². The average Bonchev–Trinajstić information content (AvgIpc) is 2.77. The molecule has 150 valence electrons. The highest BCUT2D eigenvalue weighted by Gasteiger charge is 2.20. The van der Waals surface area contributed by atoms with Crippen molar-refractivity contribution >= 4 is 15.7 Å². The molecule has 3 aromatic rings. The minimum atomic E-state index is -3.44. The third kappa shape index (κ3) is 5.28. The van der Waals surface area contributed by atoms with E-state index in [4.69, 9.17) is 4.74 Å². The summed E-state index contributed by atoms with van der Waals surface area (Å²) < 4.78 is 29.3. The number of carbonyl (C=O) groups is 1. The van der Waals surface area contributed by atoms with Crippen molar-refractivity contribution in [1.29, 1.82) is 0 Å². The summed E-state index contributed by atoms with van der Waals surface area (Å²) in [5.41, 5.74) is 1.98. The van der Waals surface area contributed by atoms with Crippen LogP contribution in [0.2, 0.25) is 0 Å². The molecular formula is C22H22N2O4S. The molecule has 1 atom stereocenters. The smallest absolute Gasteiger partial charge is 0.252 e. The summed E-state index contributed by atoms with van der Waals surface area (Å²) in [7, 11) is -1.99. The molecule has 0 spiro atoms. The first-order valence-corrected chi connectivity index (χ1v) is 10.7. The number of ether oxygens (including phenoxy) is 1. The quantitative estimate of drug-likeness (QED) is 0.617. The molecule has 7 heteroatoms. The van der Waals surface area contributed by atoms with Crippen molar-refractivity contribution in [2.24, 2.45) is 0 Å². The van der Waals surface area contributed by atoms with Gasteiger partial charge < -0.3 is 10.1 Å². The van der Waals surface area contributed by atoms with E-state index in [0.717, 1.165) is 5.56 Å². The number of carbonyl (C=O) groups excluding carboxylic acids is 1. The zero-order chi connectivity index (χ0) is 20.7. The van der Waals surface area contributed by atoms with Crippen LogP contribution in [0.3, 0.4) is 0 Å². The molecule has 0 bridgehead atoms. The number of nitrogens with one attached hydrogen (secondary N) is 1. The van der Waals surface area contributed by atoms with Gasteiger partial charge in [0.05, 0.1) is 29.0 Å². The molecule has 0 fully saturated rings. The molecular weight excluding hydrogens is 388 g/mol. The second kappa shape index (κ2) is 9.45. The van der Waals surface area contributed by atoms with Gasteiger partial charge >= 0.3 is 0 Å². The van der Waals surface area contributed by atoms with Crippen molar-refractivity contribution < 1.29 is 17.9 Å². The monoisotopic (exact) mass is 410 g/mol. The standard InChI is InChI=1S/C22H22N2O4S/c1-28-15-16-29(26,27)19-12-10-18(11-13-19)22(25)24-21(17-7-3-2-4-8-17)20-9-5-6-14-23-20/h2-14,21H,15-16H2,1H3,(H,24,25). The molecule has 0 radical (unpaired) electrons. The molecule has 29 heavy (non-hydrogen) atoms. The van der Waals surface area contributed by atoms with Gasteiger partial charge in [-0.1, -0.05) is 36.4 Å². The van der Waals surface area contributed by atoms with Crippen LogP contribution in [0.4, 0.5) is 0 Å². The van der Waals surface area contributed by atoms with E-state index in [1.54, 1.807) is 6.20 Å². The fraction of sp³-hybridized carbons (Fsp3) is 0.182. The van der Waals surface area contributed by atoms with Gasteiger partial charge in [0.15, 0.2) is 9.84 Å². The second-order valence-corrected chi connectivity index (χ2v) is 8.52. The molecule has 1 amide bonds. The Labute approximate surface area is 170 Å². The van der Waals surface area contributed by atoms with Crippen LogP contribution in [0.25, 0.3) is 0 Å². The predicted octanol–water partition coefficient (Wildman–Crippen LogP) is 3.02. The van der Waals surface area contributed by atoms with Crippen LogP contribution >= 0.6 is 0 Å². The van der Waals surface area contributed by atoms with Crippen molar-refractivity contribution in [2.75, 3.05) is 19.5 Å². The third-order valence-electron chi connectivity index (χ3n) is 4.42. The van der Waals surface area contributed by atoms with Gasteiger partial charge in [-0.05, 0) is 42.0 Å². The van der Waals surface area contributed by atoms with E-state index in [0.29, 0.717) is 11.3 Å². The maximum Gasteiger partial charge on any atom is 0.252 e. The van der Waals surface area contributed by atoms with Gasteiger partial charge in [-0.2, -0.15) is 0 Å². The zero-order valence-electron chi connectivity index (χ0n) is 16.0. The van der Waals surface area contributed by atoms with Crippen LogP contribution in [-0.4, -0.2) is 38.8 Å². The number of amides is 1. The molecule has 6 nitrogen and oxygen atoms in total. The molecule has 3 rings (SSSR count). The number of pyridine rings is 1. The Hall–Kier alpha value is -3.03. The molecule has 0 saturated heterocycles. The van der Waals surface area contributed by atoms with Crippen molar-refractivity contribution in [3.8, 4) is 0 Å². The van der Waals surface area contributed by atoms with E-state index in [-0.39, 0.29) is 23.2 Å². The first-order valence-electron chi connectivity index (χ1n) is 9.10. The first kappa shape index (κ1) is 20.7. The minimum Gasteiger partial charge on any atom is -0.384 e. The van der Waals surface area contributed by atoms with Crippen LogP contribution in [0.15, 0.2) is 83.9 Å². The maximum absolute atomic E-state index is 12.8. The molecule has 1 N–H and O–H groups in total. The number of rotatable bonds is 8. The molecule has 1 aromatic heterocycles. The van der Waals surface area contributed by atoms with E-state index in [1.165, 1.54) is 31.4 Å². The summed E-state index contributed by atoms with van der Waals surface area (Å²) in [5.74, 6) is -0.421. The summed E-state index contributed by atoms with van der Waals surface area (Å²) >= 11 is 0. The first-order chi connectivity index (χ1) is 14.0. The lowest BCUT2D eigenvalue weighted by molar-refractivity contribution is 0.0942. The number of methoxy groups -OCH3 is 1. The lowest BCUT2D eigenvalue weighted by Gasteiger charge is -2.19. The van der Waals surface area contributed by atoms with Crippen LogP contribution < -0.4 is 5.32 Å². The van der Waals surface area contributed by atoms with Gasteiger partial charge in [-0.15, -0.1) is 0 Å². The van der Waals surface area contributed by atoms with Crippen molar-refractivity contribution in [2.45, 2.75) is 10.9 Å². The Bertz CT molecular complexity index is 998.